The van der Waals surface area contributed by atoms with Crippen LogP contribution < -0.4 is 0 Å². The van der Waals surface area contributed by atoms with Crippen molar-refractivity contribution in [3.8, 4) is 11.1 Å². The van der Waals surface area contributed by atoms with E-state index in [0.29, 0.717) is 0 Å². The van der Waals surface area contributed by atoms with Gasteiger partial charge in [-0.15, -0.1) is 0 Å². The Hall–Kier alpha value is -1.87. The van der Waals surface area contributed by atoms with Crippen LogP contribution in [0.2, 0.25) is 0 Å². The monoisotopic (exact) mass is 369 g/mol. The number of aromatic nitrogens is 2. The molecule has 0 aliphatic heterocycles. The lowest BCUT2D eigenvalue weighted by Gasteiger charge is -2.11. The summed E-state index contributed by atoms with van der Waals surface area (Å²) in [6, 6.07) is 6.62. The zero-order valence-electron chi connectivity index (χ0n) is 18.2. The first-order chi connectivity index (χ1) is 13.0. The largest absolute Gasteiger partial charge is 0.309 e. The highest BCUT2D eigenvalue weighted by Crippen LogP contribution is 2.26. The molecule has 1 aromatic heterocycles. The number of benzene rings is 1. The van der Waals surface area contributed by atoms with Gasteiger partial charge in [-0.25, -0.2) is 0 Å². The van der Waals surface area contributed by atoms with E-state index >= 15 is 0 Å². The zero-order chi connectivity index (χ0) is 20.1. The minimum Gasteiger partial charge on any atom is -0.309 e. The van der Waals surface area contributed by atoms with Gasteiger partial charge in [0.25, 0.3) is 0 Å². The van der Waals surface area contributed by atoms with Crippen LogP contribution in [-0.4, -0.2) is 35.3 Å². The molecular formula is C24H39N3. The van der Waals surface area contributed by atoms with Crippen LogP contribution in [0, 0.1) is 0 Å². The summed E-state index contributed by atoms with van der Waals surface area (Å²) in [5.41, 5.74) is 4.90. The van der Waals surface area contributed by atoms with Gasteiger partial charge in [0.15, 0.2) is 0 Å². The molecule has 0 fully saturated rings. The molecule has 0 amide bonds. The first kappa shape index (κ1) is 23.2. The van der Waals surface area contributed by atoms with Gasteiger partial charge in [0.05, 0.1) is 6.20 Å². The van der Waals surface area contributed by atoms with Gasteiger partial charge in [-0.1, -0.05) is 76.8 Å². The van der Waals surface area contributed by atoms with Crippen LogP contribution in [0.3, 0.4) is 0 Å². The standard InChI is InChI=1S/C17H23N3.C7H16/c1-5-15-9-8-14(7-6-10-19(2)3)11-17(15)16-12-18-20(4)13-16;1-3-5-7-6-4-2/h5,8-9,11-13H,1,6-7,10H2,2-4H3;3-7H2,1-2H3. The Kier molecular flexibility index (Phi) is 11.4. The van der Waals surface area contributed by atoms with Crippen LogP contribution >= 0.6 is 0 Å². The van der Waals surface area contributed by atoms with Crippen molar-refractivity contribution in [1.82, 2.24) is 14.7 Å². The van der Waals surface area contributed by atoms with Gasteiger partial charge in [0.2, 0.25) is 0 Å². The number of hydrogen-bond acceptors (Lipinski definition) is 2. The lowest BCUT2D eigenvalue weighted by atomic mass is 9.97. The smallest absolute Gasteiger partial charge is 0.0568 e. The third-order valence-corrected chi connectivity index (χ3v) is 4.63. The molecule has 0 N–H and O–H groups in total. The maximum absolute atomic E-state index is 4.26. The molecular weight excluding hydrogens is 330 g/mol. The van der Waals surface area contributed by atoms with E-state index in [1.165, 1.54) is 49.7 Å². The maximum atomic E-state index is 4.26. The van der Waals surface area contributed by atoms with Crippen LogP contribution in [-0.2, 0) is 13.5 Å². The van der Waals surface area contributed by atoms with Gasteiger partial charge < -0.3 is 4.90 Å². The summed E-state index contributed by atoms with van der Waals surface area (Å²) in [5, 5.41) is 4.26. The Morgan fingerprint density at radius 3 is 2.30 bits per heavy atom. The van der Waals surface area contributed by atoms with Crippen molar-refractivity contribution >= 4 is 6.08 Å². The predicted octanol–water partition coefficient (Wildman–Crippen LogP) is 6.20. The van der Waals surface area contributed by atoms with Gasteiger partial charge in [-0.05, 0) is 50.2 Å². The number of aryl methyl sites for hydroxylation is 2. The van der Waals surface area contributed by atoms with E-state index in [0.717, 1.165) is 24.1 Å². The topological polar surface area (TPSA) is 21.1 Å². The highest BCUT2D eigenvalue weighted by molar-refractivity contribution is 5.74. The van der Waals surface area contributed by atoms with Gasteiger partial charge in [0, 0.05) is 18.8 Å². The number of rotatable bonds is 10. The molecule has 0 unspecified atom stereocenters. The average molecular weight is 370 g/mol. The highest BCUT2D eigenvalue weighted by Gasteiger charge is 2.06. The molecule has 0 atom stereocenters. The number of unbranched alkanes of at least 4 members (excludes halogenated alkanes) is 4. The Morgan fingerprint density at radius 1 is 1.07 bits per heavy atom. The van der Waals surface area contributed by atoms with Gasteiger partial charge in [-0.3, -0.25) is 4.68 Å². The van der Waals surface area contributed by atoms with Crippen LogP contribution in [0.1, 0.15) is 63.5 Å². The first-order valence-corrected chi connectivity index (χ1v) is 10.4. The van der Waals surface area contributed by atoms with E-state index < -0.39 is 0 Å². The van der Waals surface area contributed by atoms with Crippen LogP contribution in [0.25, 0.3) is 17.2 Å². The van der Waals surface area contributed by atoms with Crippen LogP contribution in [0.5, 0.6) is 0 Å². The molecule has 0 saturated carbocycles. The van der Waals surface area contributed by atoms with Crippen molar-refractivity contribution < 1.29 is 0 Å². The third kappa shape index (κ3) is 9.05. The van der Waals surface area contributed by atoms with Crippen molar-refractivity contribution in [2.75, 3.05) is 20.6 Å². The van der Waals surface area contributed by atoms with Crippen LogP contribution in [0.15, 0.2) is 37.2 Å². The van der Waals surface area contributed by atoms with Gasteiger partial charge in [0.1, 0.15) is 0 Å². The fraction of sp³-hybridized carbons (Fsp3) is 0.542. The molecule has 1 aromatic carbocycles. The summed E-state index contributed by atoms with van der Waals surface area (Å²) in [7, 11) is 6.17. The first-order valence-electron chi connectivity index (χ1n) is 10.4. The minimum atomic E-state index is 1.10. The predicted molar refractivity (Wildman–Crippen MR) is 120 cm³/mol. The Balaban J connectivity index is 0.000000445. The second-order valence-electron chi connectivity index (χ2n) is 7.50. The second-order valence-corrected chi connectivity index (χ2v) is 7.50. The average Bonchev–Trinajstić information content (AvgIpc) is 3.08. The van der Waals surface area contributed by atoms with Gasteiger partial charge >= 0.3 is 0 Å². The van der Waals surface area contributed by atoms with E-state index in [9.17, 15) is 0 Å². The van der Waals surface area contributed by atoms with Crippen molar-refractivity contribution in [2.24, 2.45) is 7.05 Å². The Morgan fingerprint density at radius 2 is 1.78 bits per heavy atom. The molecule has 0 spiro atoms. The van der Waals surface area contributed by atoms with E-state index in [1.54, 1.807) is 0 Å². The molecule has 1 heterocycles. The lowest BCUT2D eigenvalue weighted by Crippen LogP contribution is -2.13. The molecule has 0 bridgehead atoms. The van der Waals surface area contributed by atoms with E-state index in [-0.39, 0.29) is 0 Å². The fourth-order valence-electron chi connectivity index (χ4n) is 3.02. The summed E-state index contributed by atoms with van der Waals surface area (Å²) in [5.74, 6) is 0. The minimum absolute atomic E-state index is 1.10. The summed E-state index contributed by atoms with van der Waals surface area (Å²) in [4.78, 5) is 2.22. The molecule has 0 radical (unpaired) electrons. The maximum Gasteiger partial charge on any atom is 0.0568 e. The van der Waals surface area contributed by atoms with Crippen molar-refractivity contribution in [3.05, 3.63) is 48.3 Å². The lowest BCUT2D eigenvalue weighted by molar-refractivity contribution is 0.400. The second kappa shape index (κ2) is 13.3. The van der Waals surface area contributed by atoms with Crippen LogP contribution in [0.4, 0.5) is 0 Å². The molecule has 150 valence electrons. The fourth-order valence-corrected chi connectivity index (χ4v) is 3.02. The summed E-state index contributed by atoms with van der Waals surface area (Å²) >= 11 is 0. The number of hydrogen-bond donors (Lipinski definition) is 0. The van der Waals surface area contributed by atoms with Crippen molar-refractivity contribution in [1.29, 1.82) is 0 Å². The molecule has 3 nitrogen and oxygen atoms in total. The van der Waals surface area contributed by atoms with E-state index in [1.807, 2.05) is 30.2 Å². The molecule has 3 heteroatoms. The summed E-state index contributed by atoms with van der Waals surface area (Å²) in [6.07, 6.45) is 15.1. The zero-order valence-corrected chi connectivity index (χ0v) is 18.2. The Bertz CT molecular complexity index is 651. The third-order valence-electron chi connectivity index (χ3n) is 4.63. The SMILES string of the molecule is C=Cc1ccc(CCCN(C)C)cc1-c1cnn(C)c1.CCCCCCC. The van der Waals surface area contributed by atoms with Crippen molar-refractivity contribution in [3.63, 3.8) is 0 Å². The molecule has 2 aromatic rings. The Labute approximate surface area is 167 Å². The van der Waals surface area contributed by atoms with Gasteiger partial charge in [-0.2, -0.15) is 5.10 Å². The van der Waals surface area contributed by atoms with Crippen molar-refractivity contribution in [2.45, 2.75) is 58.8 Å². The van der Waals surface area contributed by atoms with E-state index in [4.69, 9.17) is 0 Å². The summed E-state index contributed by atoms with van der Waals surface area (Å²) < 4.78 is 1.83. The molecule has 0 aliphatic rings. The highest BCUT2D eigenvalue weighted by atomic mass is 15.2. The molecule has 0 saturated heterocycles. The molecule has 27 heavy (non-hydrogen) atoms. The molecule has 2 rings (SSSR count). The normalized spacial score (nSPS) is 10.6. The van der Waals surface area contributed by atoms with E-state index in [2.05, 4.69) is 62.7 Å². The number of nitrogens with zero attached hydrogens (tertiary/aromatic N) is 3. The quantitative estimate of drug-likeness (QED) is 0.465. The molecule has 0 aliphatic carbocycles. The summed E-state index contributed by atoms with van der Waals surface area (Å²) in [6.45, 7) is 9.51.